The number of Topliss-reactive ketones (excluding diaryl/α,β-unsaturated/α-hetero) is 2. The highest BCUT2D eigenvalue weighted by Crippen LogP contribution is 2.35. The van der Waals surface area contributed by atoms with Gasteiger partial charge in [-0.15, -0.1) is 0 Å². The van der Waals surface area contributed by atoms with Crippen LogP contribution in [-0.4, -0.2) is 49.3 Å². The van der Waals surface area contributed by atoms with Crippen LogP contribution in [0.3, 0.4) is 0 Å². The minimum atomic E-state index is -1.67. The van der Waals surface area contributed by atoms with E-state index in [4.69, 9.17) is 14.2 Å². The Balaban J connectivity index is 5.71. The molecule has 0 aromatic rings. The van der Waals surface area contributed by atoms with Crippen LogP contribution in [0.25, 0.3) is 0 Å². The quantitative estimate of drug-likeness (QED) is 0.288. The first kappa shape index (κ1) is 23.8. The van der Waals surface area contributed by atoms with Crippen molar-refractivity contribution in [2.45, 2.75) is 53.9 Å². The van der Waals surface area contributed by atoms with E-state index in [9.17, 15) is 24.0 Å². The molecule has 148 valence electrons. The van der Waals surface area contributed by atoms with E-state index in [-0.39, 0.29) is 32.7 Å². The Kier molecular flexibility index (Phi) is 10.4. The largest absolute Gasteiger partial charge is 0.466 e. The Morgan fingerprint density at radius 2 is 1.19 bits per heavy atom. The Labute approximate surface area is 153 Å². The van der Waals surface area contributed by atoms with Gasteiger partial charge in [-0.05, 0) is 47.5 Å². The summed E-state index contributed by atoms with van der Waals surface area (Å²) in [4.78, 5) is 60.6. The summed E-state index contributed by atoms with van der Waals surface area (Å²) >= 11 is 0. The van der Waals surface area contributed by atoms with E-state index in [0.29, 0.717) is 0 Å². The molecule has 0 unspecified atom stereocenters. The summed E-state index contributed by atoms with van der Waals surface area (Å²) in [5.74, 6) is -4.79. The topological polar surface area (TPSA) is 113 Å². The average molecular weight is 372 g/mol. The van der Waals surface area contributed by atoms with E-state index in [0.717, 1.165) is 0 Å². The predicted molar refractivity (Wildman–Crippen MR) is 91.0 cm³/mol. The van der Waals surface area contributed by atoms with Crippen LogP contribution < -0.4 is 0 Å². The Bertz CT molecular complexity index is 505. The summed E-state index contributed by atoms with van der Waals surface area (Å²) in [6.07, 6.45) is -0.758. The molecule has 0 aliphatic heterocycles. The highest BCUT2D eigenvalue weighted by molar-refractivity contribution is 6.07. The summed E-state index contributed by atoms with van der Waals surface area (Å²) in [7, 11) is 0. The third kappa shape index (κ3) is 6.57. The van der Waals surface area contributed by atoms with E-state index in [1.54, 1.807) is 20.8 Å². The van der Waals surface area contributed by atoms with Gasteiger partial charge in [0.1, 0.15) is 11.6 Å². The van der Waals surface area contributed by atoms with Crippen LogP contribution in [0.1, 0.15) is 53.9 Å². The van der Waals surface area contributed by atoms with Crippen LogP contribution in [0.2, 0.25) is 0 Å². The first-order chi connectivity index (χ1) is 12.2. The first-order valence-corrected chi connectivity index (χ1v) is 8.67. The monoisotopic (exact) mass is 372 g/mol. The maximum atomic E-state index is 12.3. The molecular weight excluding hydrogens is 344 g/mol. The van der Waals surface area contributed by atoms with Crippen LogP contribution in [0, 0.1) is 11.3 Å². The molecule has 0 aliphatic carbocycles. The molecule has 0 fully saturated rings. The molecule has 0 N–H and O–H groups in total. The summed E-state index contributed by atoms with van der Waals surface area (Å²) in [6.45, 7) is 7.41. The summed E-state index contributed by atoms with van der Waals surface area (Å²) < 4.78 is 14.6. The second-order valence-electron chi connectivity index (χ2n) is 5.76. The highest BCUT2D eigenvalue weighted by atomic mass is 16.6. The third-order valence-corrected chi connectivity index (χ3v) is 4.10. The molecule has 0 aromatic carbocycles. The number of hydrogen-bond donors (Lipinski definition) is 0. The first-order valence-electron chi connectivity index (χ1n) is 8.67. The summed E-state index contributed by atoms with van der Waals surface area (Å²) in [5, 5.41) is 0. The lowest BCUT2D eigenvalue weighted by atomic mass is 9.70. The van der Waals surface area contributed by atoms with Crippen molar-refractivity contribution in [3.05, 3.63) is 0 Å². The van der Waals surface area contributed by atoms with E-state index in [1.807, 2.05) is 0 Å². The van der Waals surface area contributed by atoms with Gasteiger partial charge in [0, 0.05) is 6.42 Å². The van der Waals surface area contributed by atoms with Gasteiger partial charge in [0.2, 0.25) is 0 Å². The summed E-state index contributed by atoms with van der Waals surface area (Å²) in [5.41, 5.74) is -1.67. The van der Waals surface area contributed by atoms with Gasteiger partial charge in [0.15, 0.2) is 5.92 Å². The minimum Gasteiger partial charge on any atom is -0.466 e. The molecule has 0 heterocycles. The molecule has 0 radical (unpaired) electrons. The molecule has 0 atom stereocenters. The molecule has 0 aromatic heterocycles. The fraction of sp³-hybridized carbons (Fsp3) is 0.722. The molecule has 0 spiro atoms. The van der Waals surface area contributed by atoms with Crippen molar-refractivity contribution in [2.75, 3.05) is 19.8 Å². The highest BCUT2D eigenvalue weighted by Gasteiger charge is 2.47. The van der Waals surface area contributed by atoms with Crippen molar-refractivity contribution in [1.82, 2.24) is 0 Å². The Hall–Kier alpha value is -2.25. The van der Waals surface area contributed by atoms with Crippen LogP contribution in [-0.2, 0) is 38.2 Å². The number of carbonyl (C=O) groups excluding carboxylic acids is 5. The molecule has 0 amide bonds. The fourth-order valence-corrected chi connectivity index (χ4v) is 2.64. The number of ether oxygens (including phenoxy) is 3. The second-order valence-corrected chi connectivity index (χ2v) is 5.76. The molecule has 0 rings (SSSR count). The fourth-order valence-electron chi connectivity index (χ4n) is 2.64. The third-order valence-electron chi connectivity index (χ3n) is 4.10. The standard InChI is InChI=1S/C18H28O8/c1-6-24-15(21)9-10-18(12(4)19,13(5)20)11-14(16(22)25-7-2)17(23)26-8-3/h14H,6-11H2,1-5H3. The number of esters is 3. The van der Waals surface area contributed by atoms with Gasteiger partial charge < -0.3 is 14.2 Å². The lowest BCUT2D eigenvalue weighted by Crippen LogP contribution is -2.43. The van der Waals surface area contributed by atoms with Crippen LogP contribution in [0.4, 0.5) is 0 Å². The van der Waals surface area contributed by atoms with Gasteiger partial charge in [0.05, 0.1) is 25.2 Å². The smallest absolute Gasteiger partial charge is 0.320 e. The van der Waals surface area contributed by atoms with Crippen LogP contribution in [0.15, 0.2) is 0 Å². The van der Waals surface area contributed by atoms with Gasteiger partial charge in [0.25, 0.3) is 0 Å². The van der Waals surface area contributed by atoms with E-state index in [2.05, 4.69) is 0 Å². The molecule has 0 saturated heterocycles. The molecule has 0 saturated carbocycles. The van der Waals surface area contributed by atoms with E-state index in [1.165, 1.54) is 13.8 Å². The van der Waals surface area contributed by atoms with Crippen molar-refractivity contribution in [3.63, 3.8) is 0 Å². The Morgan fingerprint density at radius 1 is 0.769 bits per heavy atom. The average Bonchev–Trinajstić information content (AvgIpc) is 2.55. The minimum absolute atomic E-state index is 0.0324. The van der Waals surface area contributed by atoms with E-state index >= 15 is 0 Å². The summed E-state index contributed by atoms with van der Waals surface area (Å²) in [6, 6.07) is 0. The number of hydrogen-bond acceptors (Lipinski definition) is 8. The number of rotatable bonds is 12. The second kappa shape index (κ2) is 11.4. The predicted octanol–water partition coefficient (Wildman–Crippen LogP) is 1.63. The van der Waals surface area contributed by atoms with Crippen molar-refractivity contribution in [1.29, 1.82) is 0 Å². The van der Waals surface area contributed by atoms with Crippen molar-refractivity contribution in [2.24, 2.45) is 11.3 Å². The number of ketones is 2. The maximum absolute atomic E-state index is 12.3. The lowest BCUT2D eigenvalue weighted by molar-refractivity contribution is -0.164. The van der Waals surface area contributed by atoms with Gasteiger partial charge >= 0.3 is 17.9 Å². The van der Waals surface area contributed by atoms with Gasteiger partial charge in [-0.2, -0.15) is 0 Å². The zero-order valence-corrected chi connectivity index (χ0v) is 16.1. The normalized spacial score (nSPS) is 11.0. The lowest BCUT2D eigenvalue weighted by Gasteiger charge is -2.30. The Morgan fingerprint density at radius 3 is 1.54 bits per heavy atom. The number of carbonyl (C=O) groups is 5. The maximum Gasteiger partial charge on any atom is 0.320 e. The van der Waals surface area contributed by atoms with Crippen LogP contribution >= 0.6 is 0 Å². The van der Waals surface area contributed by atoms with E-state index < -0.39 is 47.2 Å². The zero-order valence-electron chi connectivity index (χ0n) is 16.1. The van der Waals surface area contributed by atoms with Crippen LogP contribution in [0.5, 0.6) is 0 Å². The van der Waals surface area contributed by atoms with Gasteiger partial charge in [-0.1, -0.05) is 0 Å². The zero-order chi connectivity index (χ0) is 20.3. The molecular formula is C18H28O8. The molecule has 26 heavy (non-hydrogen) atoms. The van der Waals surface area contributed by atoms with Gasteiger partial charge in [-0.25, -0.2) is 0 Å². The van der Waals surface area contributed by atoms with Gasteiger partial charge in [-0.3, -0.25) is 24.0 Å². The van der Waals surface area contributed by atoms with Crippen molar-refractivity contribution >= 4 is 29.5 Å². The van der Waals surface area contributed by atoms with Crippen molar-refractivity contribution in [3.8, 4) is 0 Å². The molecule has 8 nitrogen and oxygen atoms in total. The molecule has 8 heteroatoms. The SMILES string of the molecule is CCOC(=O)CCC(CC(C(=O)OCC)C(=O)OCC)(C(C)=O)C(C)=O. The molecule has 0 bridgehead atoms. The van der Waals surface area contributed by atoms with Crippen molar-refractivity contribution < 1.29 is 38.2 Å². The molecule has 0 aliphatic rings.